The van der Waals surface area contributed by atoms with Gasteiger partial charge in [0, 0.05) is 62.8 Å². The van der Waals surface area contributed by atoms with Gasteiger partial charge in [0.15, 0.2) is 0 Å². The minimum Gasteiger partial charge on any atom is -0.351 e. The number of piperazine rings is 1. The van der Waals surface area contributed by atoms with Crippen LogP contribution in [0.25, 0.3) is 0 Å². The largest absolute Gasteiger partial charge is 0.416 e. The van der Waals surface area contributed by atoms with Gasteiger partial charge in [-0.1, -0.05) is 29.8 Å². The first kappa shape index (κ1) is 27.8. The van der Waals surface area contributed by atoms with Crippen molar-refractivity contribution in [1.29, 1.82) is 0 Å². The van der Waals surface area contributed by atoms with Gasteiger partial charge >= 0.3 is 12.4 Å². The van der Waals surface area contributed by atoms with Gasteiger partial charge in [-0.25, -0.2) is 4.98 Å². The smallest absolute Gasteiger partial charge is 0.351 e. The summed E-state index contributed by atoms with van der Waals surface area (Å²) in [5, 5.41) is 3.25. The van der Waals surface area contributed by atoms with Crippen LogP contribution in [-0.2, 0) is 18.8 Å². The highest BCUT2D eigenvalue weighted by Gasteiger charge is 2.37. The zero-order chi connectivity index (χ0) is 27.5. The summed E-state index contributed by atoms with van der Waals surface area (Å²) in [6, 6.07) is 9.05. The molecule has 0 aliphatic carbocycles. The SMILES string of the molecule is Cc1ccc(Cc2nsc(N3CCN(CCNC(=O)c4cc(C(F)(F)F)cc(C(F)(F)F)c4)CC3)n2)cc1. The number of aromatic nitrogens is 2. The number of rotatable bonds is 7. The van der Waals surface area contributed by atoms with E-state index < -0.39 is 35.0 Å². The molecule has 1 aliphatic rings. The standard InChI is InChI=1S/C25H25F6N5OS/c1-16-2-4-17(5-3-16)12-21-33-23(38-34-21)36-10-8-35(9-11-36)7-6-32-22(37)18-13-19(24(26,27)28)15-20(14-18)25(29,30)31/h2-5,13-15H,6-12H2,1H3,(H,32,37). The van der Waals surface area contributed by atoms with Gasteiger partial charge in [-0.15, -0.1) is 0 Å². The molecule has 0 atom stereocenters. The third-order valence-corrected chi connectivity index (χ3v) is 6.96. The van der Waals surface area contributed by atoms with E-state index in [4.69, 9.17) is 0 Å². The molecule has 0 radical (unpaired) electrons. The van der Waals surface area contributed by atoms with Crippen molar-refractivity contribution in [2.24, 2.45) is 0 Å². The molecular weight excluding hydrogens is 532 g/mol. The third kappa shape index (κ3) is 7.22. The lowest BCUT2D eigenvalue weighted by Crippen LogP contribution is -2.48. The summed E-state index contributed by atoms with van der Waals surface area (Å²) in [7, 11) is 0. The van der Waals surface area contributed by atoms with Crippen LogP contribution in [0.2, 0.25) is 0 Å². The molecule has 1 aliphatic heterocycles. The maximum absolute atomic E-state index is 13.0. The van der Waals surface area contributed by atoms with Crippen LogP contribution in [0.5, 0.6) is 0 Å². The van der Waals surface area contributed by atoms with E-state index in [9.17, 15) is 31.1 Å². The van der Waals surface area contributed by atoms with Gasteiger partial charge in [0.2, 0.25) is 5.13 Å². The summed E-state index contributed by atoms with van der Waals surface area (Å²) in [5.74, 6) is -0.238. The quantitative estimate of drug-likeness (QED) is 0.413. The Labute approximate surface area is 219 Å². The second kappa shape index (κ2) is 11.3. The topological polar surface area (TPSA) is 61.4 Å². The number of carbonyl (C=O) groups excluding carboxylic acids is 1. The average molecular weight is 558 g/mol. The lowest BCUT2D eigenvalue weighted by molar-refractivity contribution is -0.143. The van der Waals surface area contributed by atoms with Crippen LogP contribution in [0.3, 0.4) is 0 Å². The Morgan fingerprint density at radius 2 is 1.55 bits per heavy atom. The average Bonchev–Trinajstić information content (AvgIpc) is 3.33. The Morgan fingerprint density at radius 1 is 0.947 bits per heavy atom. The van der Waals surface area contributed by atoms with E-state index in [0.717, 1.165) is 16.5 Å². The molecule has 1 fully saturated rings. The van der Waals surface area contributed by atoms with Crippen LogP contribution in [0.15, 0.2) is 42.5 Å². The summed E-state index contributed by atoms with van der Waals surface area (Å²) < 4.78 is 82.7. The molecule has 1 N–H and O–H groups in total. The van der Waals surface area contributed by atoms with Crippen molar-refractivity contribution in [3.8, 4) is 0 Å². The Balaban J connectivity index is 1.26. The number of anilines is 1. The van der Waals surface area contributed by atoms with Crippen molar-refractivity contribution in [3.05, 3.63) is 76.1 Å². The molecule has 0 unspecified atom stereocenters. The number of amides is 1. The molecule has 13 heteroatoms. The molecule has 1 amide bonds. The Hall–Kier alpha value is -3.19. The predicted molar refractivity (Wildman–Crippen MR) is 131 cm³/mol. The van der Waals surface area contributed by atoms with Gasteiger partial charge in [0.05, 0.1) is 11.1 Å². The van der Waals surface area contributed by atoms with E-state index in [0.29, 0.717) is 51.3 Å². The molecule has 6 nitrogen and oxygen atoms in total. The van der Waals surface area contributed by atoms with Crippen molar-refractivity contribution in [2.75, 3.05) is 44.2 Å². The molecule has 38 heavy (non-hydrogen) atoms. The van der Waals surface area contributed by atoms with E-state index >= 15 is 0 Å². The van der Waals surface area contributed by atoms with Crippen molar-refractivity contribution in [3.63, 3.8) is 0 Å². The molecule has 4 rings (SSSR count). The van der Waals surface area contributed by atoms with Gasteiger partial charge in [-0.05, 0) is 30.7 Å². The van der Waals surface area contributed by atoms with E-state index in [1.807, 2.05) is 19.1 Å². The molecule has 2 aromatic carbocycles. The highest BCUT2D eigenvalue weighted by molar-refractivity contribution is 7.09. The van der Waals surface area contributed by atoms with E-state index in [1.165, 1.54) is 17.1 Å². The predicted octanol–water partition coefficient (Wildman–Crippen LogP) is 5.03. The Bertz CT molecular complexity index is 1220. The fourth-order valence-corrected chi connectivity index (χ4v) is 4.75. The molecule has 204 valence electrons. The number of hydrogen-bond donors (Lipinski definition) is 1. The monoisotopic (exact) mass is 557 g/mol. The Kier molecular flexibility index (Phi) is 8.26. The van der Waals surface area contributed by atoms with Crippen LogP contribution in [0, 0.1) is 6.92 Å². The normalized spacial score (nSPS) is 15.1. The fourth-order valence-electron chi connectivity index (χ4n) is 4.01. The minimum atomic E-state index is -5.01. The first-order chi connectivity index (χ1) is 17.9. The highest BCUT2D eigenvalue weighted by Crippen LogP contribution is 2.36. The molecule has 3 aromatic rings. The zero-order valence-corrected chi connectivity index (χ0v) is 21.2. The van der Waals surface area contributed by atoms with E-state index in [1.54, 1.807) is 0 Å². The van der Waals surface area contributed by atoms with Crippen molar-refractivity contribution in [1.82, 2.24) is 19.6 Å². The molecule has 0 bridgehead atoms. The molecular formula is C25H25F6N5OS. The third-order valence-electron chi connectivity index (χ3n) is 6.15. The number of alkyl halides is 6. The maximum Gasteiger partial charge on any atom is 0.416 e. The second-order valence-electron chi connectivity index (χ2n) is 9.03. The summed E-state index contributed by atoms with van der Waals surface area (Å²) in [6.07, 6.45) is -9.37. The zero-order valence-electron chi connectivity index (χ0n) is 20.4. The summed E-state index contributed by atoms with van der Waals surface area (Å²) in [4.78, 5) is 21.2. The van der Waals surface area contributed by atoms with Crippen LogP contribution < -0.4 is 10.2 Å². The molecule has 1 saturated heterocycles. The van der Waals surface area contributed by atoms with Crippen LogP contribution in [0.1, 0.15) is 38.4 Å². The number of halogens is 6. The van der Waals surface area contributed by atoms with Gasteiger partial charge in [-0.2, -0.15) is 30.7 Å². The van der Waals surface area contributed by atoms with Gasteiger partial charge in [0.1, 0.15) is 5.82 Å². The van der Waals surface area contributed by atoms with Crippen LogP contribution in [-0.4, -0.2) is 59.4 Å². The van der Waals surface area contributed by atoms with Gasteiger partial charge in [0.25, 0.3) is 5.91 Å². The maximum atomic E-state index is 13.0. The van der Waals surface area contributed by atoms with E-state index in [2.05, 4.69) is 36.6 Å². The highest BCUT2D eigenvalue weighted by atomic mass is 32.1. The van der Waals surface area contributed by atoms with Crippen LogP contribution in [0.4, 0.5) is 31.5 Å². The molecule has 2 heterocycles. The summed E-state index contributed by atoms with van der Waals surface area (Å²) in [5.41, 5.74) is -1.41. The first-order valence-electron chi connectivity index (χ1n) is 11.8. The lowest BCUT2D eigenvalue weighted by Gasteiger charge is -2.34. The minimum absolute atomic E-state index is 0.000299. The number of nitrogens with one attached hydrogen (secondary N) is 1. The van der Waals surface area contributed by atoms with Crippen LogP contribution >= 0.6 is 11.5 Å². The molecule has 1 aromatic heterocycles. The van der Waals surface area contributed by atoms with Crippen molar-refractivity contribution < 1.29 is 31.1 Å². The number of aryl methyl sites for hydroxylation is 1. The molecule has 0 spiro atoms. The Morgan fingerprint density at radius 3 is 2.13 bits per heavy atom. The molecule has 0 saturated carbocycles. The number of carbonyl (C=O) groups is 1. The van der Waals surface area contributed by atoms with E-state index in [-0.39, 0.29) is 12.6 Å². The fraction of sp³-hybridized carbons (Fsp3) is 0.400. The van der Waals surface area contributed by atoms with Crippen molar-refractivity contribution >= 4 is 22.6 Å². The summed E-state index contributed by atoms with van der Waals surface area (Å²) >= 11 is 1.33. The number of nitrogens with zero attached hydrogens (tertiary/aromatic N) is 4. The van der Waals surface area contributed by atoms with Crippen molar-refractivity contribution in [2.45, 2.75) is 25.7 Å². The lowest BCUT2D eigenvalue weighted by atomic mass is 10.0. The second-order valence-corrected chi connectivity index (χ2v) is 9.76. The number of benzene rings is 2. The number of hydrogen-bond acceptors (Lipinski definition) is 6. The van der Waals surface area contributed by atoms with Gasteiger partial charge < -0.3 is 10.2 Å². The van der Waals surface area contributed by atoms with Gasteiger partial charge in [-0.3, -0.25) is 9.69 Å². The first-order valence-corrected chi connectivity index (χ1v) is 12.6. The summed E-state index contributed by atoms with van der Waals surface area (Å²) in [6.45, 7) is 5.18.